The maximum absolute atomic E-state index is 9.15. The third kappa shape index (κ3) is 2.76. The Bertz CT molecular complexity index is 146. The molecule has 0 spiro atoms. The molecule has 64 valence electrons. The predicted octanol–water partition coefficient (Wildman–Crippen LogP) is -0.437. The highest BCUT2D eigenvalue weighted by molar-refractivity contribution is 5.75. The summed E-state index contributed by atoms with van der Waals surface area (Å²) >= 11 is 0. The zero-order chi connectivity index (χ0) is 8.27. The fraction of sp³-hybridized carbons (Fsp3) is 0.857. The standard InChI is InChI=1S/C7H15N3O/c8-7(9)10-5-1-3-6(11)4-2-5/h5-6,11H,1-4H2,(H4,8,9,10). The molecule has 0 aromatic rings. The zero-order valence-corrected chi connectivity index (χ0v) is 6.53. The van der Waals surface area contributed by atoms with E-state index in [4.69, 9.17) is 16.6 Å². The van der Waals surface area contributed by atoms with Crippen LogP contribution in [0.25, 0.3) is 0 Å². The third-order valence-electron chi connectivity index (χ3n) is 2.00. The quantitative estimate of drug-likeness (QED) is 0.356. The van der Waals surface area contributed by atoms with E-state index in [1.807, 2.05) is 0 Å². The molecule has 0 aliphatic heterocycles. The van der Waals surface area contributed by atoms with Gasteiger partial charge in [-0.2, -0.15) is 0 Å². The van der Waals surface area contributed by atoms with Crippen molar-refractivity contribution in [2.45, 2.75) is 37.8 Å². The highest BCUT2D eigenvalue weighted by Gasteiger charge is 2.18. The Kier molecular flexibility index (Phi) is 2.70. The molecule has 0 heterocycles. The largest absolute Gasteiger partial charge is 0.393 e. The van der Waals surface area contributed by atoms with Crippen LogP contribution in [0.15, 0.2) is 4.99 Å². The molecule has 1 fully saturated rings. The van der Waals surface area contributed by atoms with E-state index in [1.54, 1.807) is 0 Å². The lowest BCUT2D eigenvalue weighted by atomic mass is 9.94. The van der Waals surface area contributed by atoms with E-state index in [2.05, 4.69) is 4.99 Å². The number of aliphatic hydroxyl groups is 1. The zero-order valence-electron chi connectivity index (χ0n) is 6.53. The molecule has 1 saturated carbocycles. The van der Waals surface area contributed by atoms with Gasteiger partial charge in [-0.1, -0.05) is 0 Å². The van der Waals surface area contributed by atoms with Gasteiger partial charge in [0.2, 0.25) is 0 Å². The van der Waals surface area contributed by atoms with Crippen LogP contribution in [0.5, 0.6) is 0 Å². The van der Waals surface area contributed by atoms with Crippen LogP contribution in [0.4, 0.5) is 0 Å². The van der Waals surface area contributed by atoms with E-state index in [1.165, 1.54) is 0 Å². The Morgan fingerprint density at radius 1 is 1.18 bits per heavy atom. The van der Waals surface area contributed by atoms with Crippen LogP contribution in [0.2, 0.25) is 0 Å². The average molecular weight is 157 g/mol. The molecule has 0 atom stereocenters. The summed E-state index contributed by atoms with van der Waals surface area (Å²) in [4.78, 5) is 4.03. The number of nitrogens with two attached hydrogens (primary N) is 2. The van der Waals surface area contributed by atoms with Gasteiger partial charge >= 0.3 is 0 Å². The molecule has 1 aliphatic rings. The van der Waals surface area contributed by atoms with E-state index in [0.717, 1.165) is 25.7 Å². The van der Waals surface area contributed by atoms with Crippen LogP contribution in [0.1, 0.15) is 25.7 Å². The van der Waals surface area contributed by atoms with Gasteiger partial charge in [0.05, 0.1) is 12.1 Å². The Balaban J connectivity index is 2.34. The highest BCUT2D eigenvalue weighted by Crippen LogP contribution is 2.20. The minimum Gasteiger partial charge on any atom is -0.393 e. The molecule has 0 bridgehead atoms. The van der Waals surface area contributed by atoms with Crippen molar-refractivity contribution in [3.8, 4) is 0 Å². The monoisotopic (exact) mass is 157 g/mol. The molecule has 4 nitrogen and oxygen atoms in total. The summed E-state index contributed by atoms with van der Waals surface area (Å²) in [6.07, 6.45) is 3.31. The SMILES string of the molecule is NC(N)=NC1CCC(O)CC1. The van der Waals surface area contributed by atoms with Crippen LogP contribution in [-0.4, -0.2) is 23.2 Å². The molecule has 0 aromatic heterocycles. The van der Waals surface area contributed by atoms with Gasteiger partial charge in [0.15, 0.2) is 5.96 Å². The maximum Gasteiger partial charge on any atom is 0.186 e. The van der Waals surface area contributed by atoms with Crippen molar-refractivity contribution in [3.63, 3.8) is 0 Å². The second-order valence-electron chi connectivity index (χ2n) is 3.02. The van der Waals surface area contributed by atoms with Crippen molar-refractivity contribution < 1.29 is 5.11 Å². The van der Waals surface area contributed by atoms with Crippen molar-refractivity contribution in [2.24, 2.45) is 16.5 Å². The summed E-state index contributed by atoms with van der Waals surface area (Å²) in [6, 6.07) is 0.239. The van der Waals surface area contributed by atoms with Gasteiger partial charge in [0, 0.05) is 0 Å². The summed E-state index contributed by atoms with van der Waals surface area (Å²) in [6.45, 7) is 0. The molecule has 0 saturated heterocycles. The van der Waals surface area contributed by atoms with Crippen LogP contribution < -0.4 is 11.5 Å². The first-order valence-electron chi connectivity index (χ1n) is 3.95. The molecule has 5 N–H and O–H groups in total. The molecule has 1 rings (SSSR count). The molecule has 0 aromatic carbocycles. The fourth-order valence-corrected chi connectivity index (χ4v) is 1.40. The van der Waals surface area contributed by atoms with Crippen LogP contribution >= 0.6 is 0 Å². The van der Waals surface area contributed by atoms with Gasteiger partial charge in [-0.05, 0) is 25.7 Å². The normalized spacial score (nSPS) is 31.4. The number of hydrogen-bond donors (Lipinski definition) is 3. The van der Waals surface area contributed by atoms with Gasteiger partial charge < -0.3 is 16.6 Å². The van der Waals surface area contributed by atoms with Crippen molar-refractivity contribution in [1.82, 2.24) is 0 Å². The molecule has 4 heteroatoms. The Hall–Kier alpha value is -0.770. The highest BCUT2D eigenvalue weighted by atomic mass is 16.3. The topological polar surface area (TPSA) is 84.6 Å². The van der Waals surface area contributed by atoms with Crippen LogP contribution in [0, 0.1) is 0 Å². The molecule has 1 aliphatic carbocycles. The van der Waals surface area contributed by atoms with E-state index in [-0.39, 0.29) is 18.1 Å². The minimum absolute atomic E-state index is 0.138. The maximum atomic E-state index is 9.15. The van der Waals surface area contributed by atoms with Crippen molar-refractivity contribution >= 4 is 5.96 Å². The first-order valence-corrected chi connectivity index (χ1v) is 3.95. The summed E-state index contributed by atoms with van der Waals surface area (Å²) in [5, 5.41) is 9.15. The third-order valence-corrected chi connectivity index (χ3v) is 2.00. The lowest BCUT2D eigenvalue weighted by Gasteiger charge is -2.22. The van der Waals surface area contributed by atoms with E-state index < -0.39 is 0 Å². The van der Waals surface area contributed by atoms with Crippen molar-refractivity contribution in [2.75, 3.05) is 0 Å². The first-order chi connectivity index (χ1) is 5.18. The number of rotatable bonds is 1. The molecular weight excluding hydrogens is 142 g/mol. The van der Waals surface area contributed by atoms with Crippen LogP contribution in [0.3, 0.4) is 0 Å². The predicted molar refractivity (Wildman–Crippen MR) is 44.1 cm³/mol. The average Bonchev–Trinajstić information content (AvgIpc) is 1.93. The van der Waals surface area contributed by atoms with E-state index >= 15 is 0 Å². The number of nitrogens with zero attached hydrogens (tertiary/aromatic N) is 1. The minimum atomic E-state index is -0.138. The second-order valence-corrected chi connectivity index (χ2v) is 3.02. The van der Waals surface area contributed by atoms with Gasteiger partial charge in [0.25, 0.3) is 0 Å². The number of aliphatic imine (C=N–C) groups is 1. The second kappa shape index (κ2) is 3.57. The molecule has 0 unspecified atom stereocenters. The van der Waals surface area contributed by atoms with Gasteiger partial charge in [0.1, 0.15) is 0 Å². The summed E-state index contributed by atoms with van der Waals surface area (Å²) in [7, 11) is 0. The Morgan fingerprint density at radius 3 is 2.18 bits per heavy atom. The molecule has 0 amide bonds. The number of hydrogen-bond acceptors (Lipinski definition) is 2. The Labute approximate surface area is 66.3 Å². The lowest BCUT2D eigenvalue weighted by molar-refractivity contribution is 0.123. The Morgan fingerprint density at radius 2 is 1.73 bits per heavy atom. The van der Waals surface area contributed by atoms with Crippen molar-refractivity contribution in [3.05, 3.63) is 0 Å². The number of guanidine groups is 1. The van der Waals surface area contributed by atoms with Crippen LogP contribution in [-0.2, 0) is 0 Å². The lowest BCUT2D eigenvalue weighted by Crippen LogP contribution is -2.28. The molecule has 11 heavy (non-hydrogen) atoms. The van der Waals surface area contributed by atoms with E-state index in [9.17, 15) is 0 Å². The van der Waals surface area contributed by atoms with Gasteiger partial charge in [-0.3, -0.25) is 4.99 Å². The molecular formula is C7H15N3O. The fourth-order valence-electron chi connectivity index (χ4n) is 1.40. The van der Waals surface area contributed by atoms with Gasteiger partial charge in [-0.15, -0.1) is 0 Å². The summed E-state index contributed by atoms with van der Waals surface area (Å²) < 4.78 is 0. The van der Waals surface area contributed by atoms with Gasteiger partial charge in [-0.25, -0.2) is 0 Å². The van der Waals surface area contributed by atoms with Crippen molar-refractivity contribution in [1.29, 1.82) is 0 Å². The van der Waals surface area contributed by atoms with E-state index in [0.29, 0.717) is 0 Å². The summed E-state index contributed by atoms with van der Waals surface area (Å²) in [5.74, 6) is 0.159. The number of aliphatic hydroxyl groups excluding tert-OH is 1. The molecule has 0 radical (unpaired) electrons. The summed E-state index contributed by atoms with van der Waals surface area (Å²) in [5.41, 5.74) is 10.4. The first kappa shape index (κ1) is 8.33. The smallest absolute Gasteiger partial charge is 0.186 e.